The van der Waals surface area contributed by atoms with Crippen molar-refractivity contribution in [2.75, 3.05) is 0 Å². The molecule has 1 nitrogen and oxygen atoms in total. The smallest absolute Gasteiger partial charge is 0.233 e. The molecule has 0 fully saturated rings. The second-order valence-electron chi connectivity index (χ2n) is 4.78. The van der Waals surface area contributed by atoms with Crippen molar-refractivity contribution in [3.05, 3.63) is 69.7 Å². The Balaban J connectivity index is 2.25. The molecule has 0 aliphatic heterocycles. The standard InChI is InChI=1S/C16H12Cl2O/c17-12-8-7-11-6-5-10-3-1-2-4-13(10)15(16(18)19)14(11)9-12/h1-4,7-9,15H,5-6H2. The largest absolute Gasteiger partial charge is 0.280 e. The highest BCUT2D eigenvalue weighted by atomic mass is 35.5. The van der Waals surface area contributed by atoms with Gasteiger partial charge in [0, 0.05) is 5.02 Å². The van der Waals surface area contributed by atoms with Gasteiger partial charge in [0.15, 0.2) is 0 Å². The third-order valence-electron chi connectivity index (χ3n) is 3.68. The fraction of sp³-hybridized carbons (Fsp3) is 0.188. The molecular formula is C16H12Cl2O. The monoisotopic (exact) mass is 290 g/mol. The number of hydrogen-bond donors (Lipinski definition) is 0. The molecule has 2 aromatic rings. The van der Waals surface area contributed by atoms with Crippen LogP contribution in [0.15, 0.2) is 42.5 Å². The van der Waals surface area contributed by atoms with Gasteiger partial charge in [-0.05, 0) is 58.8 Å². The molecule has 0 radical (unpaired) electrons. The molecule has 0 N–H and O–H groups in total. The molecule has 19 heavy (non-hydrogen) atoms. The van der Waals surface area contributed by atoms with Crippen molar-refractivity contribution in [3.63, 3.8) is 0 Å². The van der Waals surface area contributed by atoms with Crippen LogP contribution < -0.4 is 0 Å². The van der Waals surface area contributed by atoms with E-state index in [0.717, 1.165) is 29.5 Å². The first-order valence-corrected chi connectivity index (χ1v) is 6.98. The van der Waals surface area contributed by atoms with Crippen molar-refractivity contribution < 1.29 is 4.79 Å². The Hall–Kier alpha value is -1.31. The lowest BCUT2D eigenvalue weighted by Crippen LogP contribution is -2.10. The predicted molar refractivity (Wildman–Crippen MR) is 78.0 cm³/mol. The Morgan fingerprint density at radius 2 is 1.68 bits per heavy atom. The molecular weight excluding hydrogens is 279 g/mol. The van der Waals surface area contributed by atoms with Crippen molar-refractivity contribution in [2.24, 2.45) is 0 Å². The predicted octanol–water partition coefficient (Wildman–Crippen LogP) is 4.34. The van der Waals surface area contributed by atoms with Crippen LogP contribution in [0.2, 0.25) is 5.02 Å². The van der Waals surface area contributed by atoms with E-state index >= 15 is 0 Å². The fourth-order valence-corrected chi connectivity index (χ4v) is 3.20. The van der Waals surface area contributed by atoms with Crippen molar-refractivity contribution >= 4 is 28.4 Å². The third kappa shape index (κ3) is 2.29. The van der Waals surface area contributed by atoms with Gasteiger partial charge in [0.05, 0.1) is 5.92 Å². The maximum Gasteiger partial charge on any atom is 0.233 e. The van der Waals surface area contributed by atoms with Crippen molar-refractivity contribution in [1.29, 1.82) is 0 Å². The minimum absolute atomic E-state index is 0.349. The van der Waals surface area contributed by atoms with E-state index in [1.54, 1.807) is 0 Å². The molecule has 3 rings (SSSR count). The van der Waals surface area contributed by atoms with Crippen LogP contribution in [0.1, 0.15) is 28.2 Å². The quantitative estimate of drug-likeness (QED) is 0.714. The molecule has 0 spiro atoms. The lowest BCUT2D eigenvalue weighted by atomic mass is 9.89. The van der Waals surface area contributed by atoms with Crippen LogP contribution in [0.4, 0.5) is 0 Å². The summed E-state index contributed by atoms with van der Waals surface area (Å²) >= 11 is 11.9. The Morgan fingerprint density at radius 1 is 1.00 bits per heavy atom. The highest BCUT2D eigenvalue weighted by molar-refractivity contribution is 6.65. The van der Waals surface area contributed by atoms with Gasteiger partial charge in [-0.1, -0.05) is 41.9 Å². The van der Waals surface area contributed by atoms with Gasteiger partial charge in [0.1, 0.15) is 0 Å². The average molecular weight is 291 g/mol. The summed E-state index contributed by atoms with van der Waals surface area (Å²) in [7, 11) is 0. The minimum Gasteiger partial charge on any atom is -0.280 e. The molecule has 0 bridgehead atoms. The molecule has 0 aromatic heterocycles. The molecule has 0 saturated carbocycles. The summed E-state index contributed by atoms with van der Waals surface area (Å²) in [6.07, 6.45) is 1.83. The molecule has 0 heterocycles. The molecule has 0 saturated heterocycles. The van der Waals surface area contributed by atoms with Gasteiger partial charge >= 0.3 is 0 Å². The molecule has 3 heteroatoms. The maximum atomic E-state index is 11.9. The normalized spacial score (nSPS) is 17.3. The summed E-state index contributed by atoms with van der Waals surface area (Å²) in [6, 6.07) is 13.7. The van der Waals surface area contributed by atoms with Gasteiger partial charge in [-0.3, -0.25) is 4.79 Å². The zero-order valence-electron chi connectivity index (χ0n) is 10.2. The molecule has 0 amide bonds. The van der Waals surface area contributed by atoms with Crippen LogP contribution in [-0.2, 0) is 17.6 Å². The van der Waals surface area contributed by atoms with Crippen LogP contribution in [0.5, 0.6) is 0 Å². The lowest BCUT2D eigenvalue weighted by Gasteiger charge is -2.16. The van der Waals surface area contributed by atoms with E-state index in [4.69, 9.17) is 23.2 Å². The summed E-state index contributed by atoms with van der Waals surface area (Å²) in [4.78, 5) is 11.9. The van der Waals surface area contributed by atoms with E-state index in [1.165, 1.54) is 5.56 Å². The summed E-state index contributed by atoms with van der Waals surface area (Å²) in [5, 5.41) is 0.291. The highest BCUT2D eigenvalue weighted by Gasteiger charge is 2.28. The van der Waals surface area contributed by atoms with Crippen molar-refractivity contribution in [2.45, 2.75) is 18.8 Å². The molecule has 96 valence electrons. The van der Waals surface area contributed by atoms with Gasteiger partial charge < -0.3 is 0 Å². The average Bonchev–Trinajstić information content (AvgIpc) is 2.54. The second kappa shape index (κ2) is 4.99. The number of hydrogen-bond acceptors (Lipinski definition) is 1. The first kappa shape index (κ1) is 12.7. The Labute approximate surface area is 122 Å². The van der Waals surface area contributed by atoms with Gasteiger partial charge in [-0.2, -0.15) is 0 Å². The van der Waals surface area contributed by atoms with Gasteiger partial charge in [0.2, 0.25) is 5.24 Å². The van der Waals surface area contributed by atoms with E-state index in [2.05, 4.69) is 6.07 Å². The van der Waals surface area contributed by atoms with E-state index in [0.29, 0.717) is 5.02 Å². The zero-order valence-corrected chi connectivity index (χ0v) is 11.7. The Kier molecular flexibility index (Phi) is 3.34. The Bertz CT molecular complexity index is 649. The van der Waals surface area contributed by atoms with Crippen LogP contribution in [-0.4, -0.2) is 5.24 Å². The van der Waals surface area contributed by atoms with Crippen LogP contribution in [0.3, 0.4) is 0 Å². The van der Waals surface area contributed by atoms with Gasteiger partial charge in [-0.15, -0.1) is 0 Å². The molecule has 1 aliphatic rings. The number of carbonyl (C=O) groups excluding carboxylic acids is 1. The first-order chi connectivity index (χ1) is 9.16. The zero-order chi connectivity index (χ0) is 13.4. The summed E-state index contributed by atoms with van der Waals surface area (Å²) < 4.78 is 0. The third-order valence-corrected chi connectivity index (χ3v) is 4.13. The molecule has 1 unspecified atom stereocenters. The molecule has 1 atom stereocenters. The van der Waals surface area contributed by atoms with E-state index < -0.39 is 5.92 Å². The number of rotatable bonds is 1. The Morgan fingerprint density at radius 3 is 2.42 bits per heavy atom. The van der Waals surface area contributed by atoms with E-state index in [9.17, 15) is 4.79 Å². The number of fused-ring (bicyclic) bond motifs is 2. The lowest BCUT2D eigenvalue weighted by molar-refractivity contribution is -0.112. The van der Waals surface area contributed by atoms with Gasteiger partial charge in [0.25, 0.3) is 0 Å². The number of benzene rings is 2. The van der Waals surface area contributed by atoms with Crippen molar-refractivity contribution in [3.8, 4) is 0 Å². The van der Waals surface area contributed by atoms with Crippen LogP contribution in [0.25, 0.3) is 0 Å². The minimum atomic E-state index is -0.408. The maximum absolute atomic E-state index is 11.9. The number of halogens is 2. The topological polar surface area (TPSA) is 17.1 Å². The SMILES string of the molecule is O=C(Cl)C1c2ccccc2CCc2ccc(Cl)cc21. The first-order valence-electron chi connectivity index (χ1n) is 6.22. The van der Waals surface area contributed by atoms with Crippen LogP contribution in [0, 0.1) is 0 Å². The number of carbonyl (C=O) groups is 1. The summed E-state index contributed by atoms with van der Waals surface area (Å²) in [5.41, 5.74) is 4.29. The van der Waals surface area contributed by atoms with E-state index in [1.807, 2.05) is 36.4 Å². The molecule has 1 aliphatic carbocycles. The van der Waals surface area contributed by atoms with Crippen molar-refractivity contribution in [1.82, 2.24) is 0 Å². The fourth-order valence-electron chi connectivity index (χ4n) is 2.79. The molecule has 2 aromatic carbocycles. The van der Waals surface area contributed by atoms with Gasteiger partial charge in [-0.25, -0.2) is 0 Å². The highest BCUT2D eigenvalue weighted by Crippen LogP contribution is 2.36. The van der Waals surface area contributed by atoms with Crippen LogP contribution >= 0.6 is 23.2 Å². The summed E-state index contributed by atoms with van der Waals surface area (Å²) in [5.74, 6) is -0.408. The number of aryl methyl sites for hydroxylation is 2. The summed E-state index contributed by atoms with van der Waals surface area (Å²) in [6.45, 7) is 0. The van der Waals surface area contributed by atoms with E-state index in [-0.39, 0.29) is 5.24 Å². The second-order valence-corrected chi connectivity index (χ2v) is 5.59.